The van der Waals surface area contributed by atoms with Crippen LogP contribution in [0.3, 0.4) is 0 Å². The smallest absolute Gasteiger partial charge is 0.200 e. The van der Waals surface area contributed by atoms with E-state index < -0.39 is 0 Å². The molecule has 5 nitrogen and oxygen atoms in total. The van der Waals surface area contributed by atoms with E-state index in [9.17, 15) is 5.11 Å². The van der Waals surface area contributed by atoms with E-state index in [-0.39, 0.29) is 5.75 Å². The molecule has 1 saturated heterocycles. The van der Waals surface area contributed by atoms with Gasteiger partial charge in [-0.3, -0.25) is 9.80 Å². The molecule has 2 rings (SSSR count). The lowest BCUT2D eigenvalue weighted by Crippen LogP contribution is -2.48. The van der Waals surface area contributed by atoms with Gasteiger partial charge in [-0.05, 0) is 31.0 Å². The zero-order valence-corrected chi connectivity index (χ0v) is 14.1. The predicted molar refractivity (Wildman–Crippen MR) is 87.8 cm³/mol. The summed E-state index contributed by atoms with van der Waals surface area (Å²) in [6, 6.07) is 4.44. The van der Waals surface area contributed by atoms with Gasteiger partial charge in [-0.2, -0.15) is 0 Å². The molecule has 1 unspecified atom stereocenters. The molecule has 1 aliphatic rings. The maximum absolute atomic E-state index is 9.97. The first kappa shape index (κ1) is 16.9. The van der Waals surface area contributed by atoms with Gasteiger partial charge >= 0.3 is 0 Å². The summed E-state index contributed by atoms with van der Waals surface area (Å²) in [5, 5.41) is 9.97. The lowest BCUT2D eigenvalue weighted by molar-refractivity contribution is 0.0962. The van der Waals surface area contributed by atoms with Crippen molar-refractivity contribution < 1.29 is 14.6 Å². The van der Waals surface area contributed by atoms with Gasteiger partial charge < -0.3 is 14.6 Å². The van der Waals surface area contributed by atoms with E-state index in [2.05, 4.69) is 23.6 Å². The molecule has 1 aromatic rings. The van der Waals surface area contributed by atoms with Crippen LogP contribution in [0.25, 0.3) is 0 Å². The van der Waals surface area contributed by atoms with Crippen LogP contribution in [0.4, 0.5) is 0 Å². The van der Waals surface area contributed by atoms with Crippen LogP contribution in [-0.4, -0.2) is 61.3 Å². The Morgan fingerprint density at radius 2 is 1.64 bits per heavy atom. The number of rotatable bonds is 6. The van der Waals surface area contributed by atoms with Gasteiger partial charge in [0.25, 0.3) is 0 Å². The first-order valence-corrected chi connectivity index (χ1v) is 7.99. The Bertz CT molecular complexity index is 460. The van der Waals surface area contributed by atoms with Gasteiger partial charge in [0.1, 0.15) is 0 Å². The molecule has 0 spiro atoms. The van der Waals surface area contributed by atoms with Gasteiger partial charge in [-0.25, -0.2) is 0 Å². The summed E-state index contributed by atoms with van der Waals surface area (Å²) in [6.45, 7) is 9.74. The molecule has 0 radical (unpaired) electrons. The quantitative estimate of drug-likeness (QED) is 0.874. The van der Waals surface area contributed by atoms with Crippen molar-refractivity contribution in [3.8, 4) is 17.2 Å². The van der Waals surface area contributed by atoms with Crippen molar-refractivity contribution >= 4 is 0 Å². The molecule has 0 aromatic heterocycles. The number of hydrogen-bond acceptors (Lipinski definition) is 5. The molecule has 1 atom stereocenters. The second kappa shape index (κ2) is 7.70. The standard InChI is InChI=1S/C17H28N2O3/c1-5-13(2)19-8-6-18(7-9-19)12-14-10-15(21-3)17(20)16(11-14)22-4/h10-11,13,20H,5-9,12H2,1-4H3. The van der Waals surface area contributed by atoms with Crippen molar-refractivity contribution in [1.82, 2.24) is 9.80 Å². The molecule has 0 amide bonds. The first-order valence-electron chi connectivity index (χ1n) is 7.99. The first-order chi connectivity index (χ1) is 10.6. The van der Waals surface area contributed by atoms with Crippen molar-refractivity contribution in [3.63, 3.8) is 0 Å². The average molecular weight is 308 g/mol. The monoisotopic (exact) mass is 308 g/mol. The van der Waals surface area contributed by atoms with Gasteiger partial charge in [0.2, 0.25) is 5.75 Å². The Hall–Kier alpha value is -1.46. The normalized spacial score (nSPS) is 18.2. The van der Waals surface area contributed by atoms with Crippen LogP contribution in [0.1, 0.15) is 25.8 Å². The fourth-order valence-corrected chi connectivity index (χ4v) is 2.92. The molecule has 0 bridgehead atoms. The van der Waals surface area contributed by atoms with Crippen molar-refractivity contribution in [2.45, 2.75) is 32.9 Å². The van der Waals surface area contributed by atoms with Crippen LogP contribution in [0, 0.1) is 0 Å². The Balaban J connectivity index is 2.00. The van der Waals surface area contributed by atoms with E-state index in [4.69, 9.17) is 9.47 Å². The van der Waals surface area contributed by atoms with E-state index in [0.717, 1.165) is 38.3 Å². The van der Waals surface area contributed by atoms with Crippen molar-refractivity contribution in [3.05, 3.63) is 17.7 Å². The number of methoxy groups -OCH3 is 2. The Kier molecular flexibility index (Phi) is 5.91. The van der Waals surface area contributed by atoms with Crippen molar-refractivity contribution in [1.29, 1.82) is 0 Å². The molecule has 22 heavy (non-hydrogen) atoms. The Labute approximate surface area is 133 Å². The molecule has 1 aliphatic heterocycles. The average Bonchev–Trinajstić information content (AvgIpc) is 2.56. The fourth-order valence-electron chi connectivity index (χ4n) is 2.92. The molecule has 1 fully saturated rings. The minimum Gasteiger partial charge on any atom is -0.502 e. The summed E-state index contributed by atoms with van der Waals surface area (Å²) in [7, 11) is 3.12. The van der Waals surface area contributed by atoms with Crippen LogP contribution in [0.5, 0.6) is 17.2 Å². The summed E-state index contributed by atoms with van der Waals surface area (Å²) in [5.41, 5.74) is 1.10. The zero-order valence-electron chi connectivity index (χ0n) is 14.1. The highest BCUT2D eigenvalue weighted by molar-refractivity contribution is 5.52. The molecule has 124 valence electrons. The highest BCUT2D eigenvalue weighted by atomic mass is 16.5. The van der Waals surface area contributed by atoms with E-state index >= 15 is 0 Å². The van der Waals surface area contributed by atoms with Crippen LogP contribution in [0.15, 0.2) is 12.1 Å². The van der Waals surface area contributed by atoms with Gasteiger partial charge in [0.05, 0.1) is 14.2 Å². The third kappa shape index (κ3) is 3.84. The molecule has 0 saturated carbocycles. The van der Waals surface area contributed by atoms with Gasteiger partial charge in [-0.1, -0.05) is 6.92 Å². The molecule has 1 heterocycles. The molecule has 1 aromatic carbocycles. The minimum atomic E-state index is 0.0651. The van der Waals surface area contributed by atoms with E-state index in [1.54, 1.807) is 14.2 Å². The van der Waals surface area contributed by atoms with Crippen molar-refractivity contribution in [2.75, 3.05) is 40.4 Å². The molecule has 1 N–H and O–H groups in total. The lowest BCUT2D eigenvalue weighted by Gasteiger charge is -2.37. The SMILES string of the molecule is CCC(C)N1CCN(Cc2cc(OC)c(O)c(OC)c2)CC1. The summed E-state index contributed by atoms with van der Waals surface area (Å²) in [4.78, 5) is 4.98. The van der Waals surface area contributed by atoms with Crippen molar-refractivity contribution in [2.24, 2.45) is 0 Å². The minimum absolute atomic E-state index is 0.0651. The highest BCUT2D eigenvalue weighted by Crippen LogP contribution is 2.37. The largest absolute Gasteiger partial charge is 0.502 e. The van der Waals surface area contributed by atoms with Crippen LogP contribution >= 0.6 is 0 Å². The Morgan fingerprint density at radius 1 is 1.09 bits per heavy atom. The van der Waals surface area contributed by atoms with Gasteiger partial charge in [-0.15, -0.1) is 0 Å². The third-order valence-corrected chi connectivity index (χ3v) is 4.57. The number of piperazine rings is 1. The van der Waals surface area contributed by atoms with E-state index in [1.807, 2.05) is 12.1 Å². The third-order valence-electron chi connectivity index (χ3n) is 4.57. The molecular formula is C17H28N2O3. The zero-order chi connectivity index (χ0) is 16.1. The second-order valence-electron chi connectivity index (χ2n) is 5.92. The molecular weight excluding hydrogens is 280 g/mol. The van der Waals surface area contributed by atoms with Gasteiger partial charge in [0.15, 0.2) is 11.5 Å². The summed E-state index contributed by atoms with van der Waals surface area (Å²) < 4.78 is 10.4. The second-order valence-corrected chi connectivity index (χ2v) is 5.92. The summed E-state index contributed by atoms with van der Waals surface area (Å²) in [6.07, 6.45) is 1.20. The Morgan fingerprint density at radius 3 is 2.09 bits per heavy atom. The van der Waals surface area contributed by atoms with Crippen LogP contribution in [-0.2, 0) is 6.54 Å². The number of phenolic OH excluding ortho intramolecular Hbond substituents is 1. The van der Waals surface area contributed by atoms with Crippen LogP contribution < -0.4 is 9.47 Å². The number of phenols is 1. The number of aromatic hydroxyl groups is 1. The highest BCUT2D eigenvalue weighted by Gasteiger charge is 2.21. The molecule has 5 heteroatoms. The number of benzene rings is 1. The topological polar surface area (TPSA) is 45.2 Å². The summed E-state index contributed by atoms with van der Waals surface area (Å²) >= 11 is 0. The number of nitrogens with zero attached hydrogens (tertiary/aromatic N) is 2. The lowest BCUT2D eigenvalue weighted by atomic mass is 10.1. The summed E-state index contributed by atoms with van der Waals surface area (Å²) in [5.74, 6) is 0.996. The fraction of sp³-hybridized carbons (Fsp3) is 0.647. The van der Waals surface area contributed by atoms with Crippen LogP contribution in [0.2, 0.25) is 0 Å². The maximum Gasteiger partial charge on any atom is 0.200 e. The number of hydrogen-bond donors (Lipinski definition) is 1. The molecule has 0 aliphatic carbocycles. The predicted octanol–water partition coefficient (Wildman–Crippen LogP) is 2.33. The van der Waals surface area contributed by atoms with Gasteiger partial charge in [0, 0.05) is 38.8 Å². The van der Waals surface area contributed by atoms with E-state index in [1.165, 1.54) is 6.42 Å². The van der Waals surface area contributed by atoms with E-state index in [0.29, 0.717) is 17.5 Å². The number of ether oxygens (including phenoxy) is 2. The maximum atomic E-state index is 9.97.